The fourth-order valence-electron chi connectivity index (χ4n) is 3.73. The van der Waals surface area contributed by atoms with E-state index in [4.69, 9.17) is 4.74 Å². The highest BCUT2D eigenvalue weighted by Gasteiger charge is 2.56. The van der Waals surface area contributed by atoms with Crippen LogP contribution in [0.2, 0.25) is 0 Å². The molecule has 5 heteroatoms. The molecule has 1 N–H and O–H groups in total. The summed E-state index contributed by atoms with van der Waals surface area (Å²) in [6, 6.07) is 18.9. The second-order valence-electron chi connectivity index (χ2n) is 7.08. The lowest BCUT2D eigenvalue weighted by Crippen LogP contribution is -2.43. The van der Waals surface area contributed by atoms with Gasteiger partial charge in [0.05, 0.1) is 5.92 Å². The first-order valence-electron chi connectivity index (χ1n) is 8.90. The standard InChI is InChI=1S/C21H21NO4/c23-19(24)18-14-22(13-17(18)15-7-3-1-4-8-15)20(25)21(11-12-21)26-16-9-5-2-6-10-16/h1-10,17-18H,11-14H2,(H,23,24)/t17-,18-/m1/s1. The van der Waals surface area contributed by atoms with E-state index in [1.807, 2.05) is 60.7 Å². The zero-order valence-electron chi connectivity index (χ0n) is 14.4. The predicted molar refractivity (Wildman–Crippen MR) is 95.9 cm³/mol. The van der Waals surface area contributed by atoms with Crippen LogP contribution in [0.1, 0.15) is 24.3 Å². The lowest BCUT2D eigenvalue weighted by molar-refractivity contribution is -0.143. The van der Waals surface area contributed by atoms with Crippen LogP contribution in [0, 0.1) is 5.92 Å². The lowest BCUT2D eigenvalue weighted by atomic mass is 9.89. The van der Waals surface area contributed by atoms with Crippen LogP contribution in [0.15, 0.2) is 60.7 Å². The molecular weight excluding hydrogens is 330 g/mol. The third-order valence-corrected chi connectivity index (χ3v) is 5.30. The lowest BCUT2D eigenvalue weighted by Gasteiger charge is -2.24. The number of carboxylic acid groups (broad SMARTS) is 1. The second-order valence-corrected chi connectivity index (χ2v) is 7.08. The average molecular weight is 351 g/mol. The number of para-hydroxylation sites is 1. The predicted octanol–water partition coefficient (Wildman–Crippen LogP) is 2.92. The van der Waals surface area contributed by atoms with E-state index in [9.17, 15) is 14.7 Å². The van der Waals surface area contributed by atoms with Gasteiger partial charge >= 0.3 is 5.97 Å². The Hall–Kier alpha value is -2.82. The van der Waals surface area contributed by atoms with Crippen LogP contribution in [-0.2, 0) is 9.59 Å². The zero-order valence-corrected chi connectivity index (χ0v) is 14.4. The van der Waals surface area contributed by atoms with Gasteiger partial charge in [-0.3, -0.25) is 9.59 Å². The van der Waals surface area contributed by atoms with E-state index in [1.54, 1.807) is 4.90 Å². The summed E-state index contributed by atoms with van der Waals surface area (Å²) >= 11 is 0. The molecule has 0 bridgehead atoms. The number of amides is 1. The molecule has 5 nitrogen and oxygen atoms in total. The highest BCUT2D eigenvalue weighted by atomic mass is 16.5. The number of ether oxygens (including phenoxy) is 1. The van der Waals surface area contributed by atoms with Gasteiger partial charge in [-0.15, -0.1) is 0 Å². The maximum Gasteiger partial charge on any atom is 0.308 e. The molecule has 1 heterocycles. The normalized spacial score (nSPS) is 23.5. The maximum absolute atomic E-state index is 13.1. The van der Waals surface area contributed by atoms with Crippen LogP contribution in [0.4, 0.5) is 0 Å². The summed E-state index contributed by atoms with van der Waals surface area (Å²) in [4.78, 5) is 26.5. The Morgan fingerprint density at radius 3 is 2.15 bits per heavy atom. The molecule has 1 amide bonds. The summed E-state index contributed by atoms with van der Waals surface area (Å²) in [5.41, 5.74) is 0.139. The van der Waals surface area contributed by atoms with Crippen molar-refractivity contribution in [3.05, 3.63) is 66.2 Å². The number of likely N-dealkylation sites (tertiary alicyclic amines) is 1. The number of nitrogens with zero attached hydrogens (tertiary/aromatic N) is 1. The van der Waals surface area contributed by atoms with Gasteiger partial charge in [-0.25, -0.2) is 0 Å². The van der Waals surface area contributed by atoms with Gasteiger partial charge in [0.15, 0.2) is 5.60 Å². The molecule has 0 spiro atoms. The van der Waals surface area contributed by atoms with Gasteiger partial charge in [0.25, 0.3) is 5.91 Å². The van der Waals surface area contributed by atoms with Crippen LogP contribution < -0.4 is 4.74 Å². The maximum atomic E-state index is 13.1. The van der Waals surface area contributed by atoms with Crippen LogP contribution in [0.25, 0.3) is 0 Å². The molecule has 2 atom stereocenters. The third-order valence-electron chi connectivity index (χ3n) is 5.30. The molecular formula is C21H21NO4. The minimum atomic E-state index is -0.858. The summed E-state index contributed by atoms with van der Waals surface area (Å²) in [5.74, 6) is -1.06. The highest BCUT2D eigenvalue weighted by Crippen LogP contribution is 2.44. The molecule has 26 heavy (non-hydrogen) atoms. The Morgan fingerprint density at radius 2 is 1.58 bits per heavy atom. The van der Waals surface area contributed by atoms with Gasteiger partial charge in [-0.2, -0.15) is 0 Å². The van der Waals surface area contributed by atoms with Crippen LogP contribution in [0.5, 0.6) is 5.75 Å². The van der Waals surface area contributed by atoms with Crippen molar-refractivity contribution < 1.29 is 19.4 Å². The van der Waals surface area contributed by atoms with E-state index < -0.39 is 17.5 Å². The van der Waals surface area contributed by atoms with E-state index in [1.165, 1.54) is 0 Å². The van der Waals surface area contributed by atoms with Crippen molar-refractivity contribution in [2.75, 3.05) is 13.1 Å². The molecule has 0 unspecified atom stereocenters. The first-order chi connectivity index (χ1) is 12.6. The smallest absolute Gasteiger partial charge is 0.308 e. The molecule has 1 aliphatic carbocycles. The monoisotopic (exact) mass is 351 g/mol. The third kappa shape index (κ3) is 3.05. The van der Waals surface area contributed by atoms with Crippen LogP contribution in [0.3, 0.4) is 0 Å². The van der Waals surface area contributed by atoms with Crippen molar-refractivity contribution >= 4 is 11.9 Å². The Kier molecular flexibility index (Phi) is 4.15. The Bertz CT molecular complexity index is 801. The number of hydrogen-bond donors (Lipinski definition) is 1. The minimum Gasteiger partial charge on any atom is -0.481 e. The van der Waals surface area contributed by atoms with Crippen molar-refractivity contribution in [3.8, 4) is 5.75 Å². The van der Waals surface area contributed by atoms with Gasteiger partial charge < -0.3 is 14.7 Å². The van der Waals surface area contributed by atoms with E-state index in [-0.39, 0.29) is 18.4 Å². The number of carbonyl (C=O) groups is 2. The molecule has 2 aromatic carbocycles. The SMILES string of the molecule is O=C(O)[C@@H]1CN(C(=O)C2(Oc3ccccc3)CC2)C[C@@H]1c1ccccc1. The molecule has 1 saturated carbocycles. The minimum absolute atomic E-state index is 0.0916. The molecule has 1 aliphatic heterocycles. The van der Waals surface area contributed by atoms with Gasteiger partial charge in [-0.1, -0.05) is 48.5 Å². The average Bonchev–Trinajstić information content (AvgIpc) is 3.30. The van der Waals surface area contributed by atoms with Crippen molar-refractivity contribution in [3.63, 3.8) is 0 Å². The largest absolute Gasteiger partial charge is 0.481 e. The van der Waals surface area contributed by atoms with Crippen molar-refractivity contribution in [2.24, 2.45) is 5.92 Å². The molecule has 0 radical (unpaired) electrons. The topological polar surface area (TPSA) is 66.8 Å². The van der Waals surface area contributed by atoms with Gasteiger partial charge in [0.2, 0.25) is 0 Å². The Labute approximate surface area is 152 Å². The molecule has 134 valence electrons. The molecule has 4 rings (SSSR count). The summed E-state index contributed by atoms with van der Waals surface area (Å²) in [7, 11) is 0. The first-order valence-corrected chi connectivity index (χ1v) is 8.90. The highest BCUT2D eigenvalue weighted by molar-refractivity contribution is 5.89. The number of hydrogen-bond acceptors (Lipinski definition) is 3. The Balaban J connectivity index is 1.53. The fourth-order valence-corrected chi connectivity index (χ4v) is 3.73. The summed E-state index contributed by atoms with van der Waals surface area (Å²) in [6.07, 6.45) is 1.34. The van der Waals surface area contributed by atoms with E-state index in [2.05, 4.69) is 0 Å². The van der Waals surface area contributed by atoms with Gasteiger partial charge in [0.1, 0.15) is 5.75 Å². The number of carboxylic acids is 1. The number of aliphatic carboxylic acids is 1. The summed E-state index contributed by atoms with van der Waals surface area (Å²) < 4.78 is 5.99. The summed E-state index contributed by atoms with van der Waals surface area (Å²) in [6.45, 7) is 0.646. The molecule has 2 aliphatic rings. The quantitative estimate of drug-likeness (QED) is 0.899. The van der Waals surface area contributed by atoms with Gasteiger partial charge in [0, 0.05) is 31.8 Å². The van der Waals surface area contributed by atoms with E-state index >= 15 is 0 Å². The van der Waals surface area contributed by atoms with Gasteiger partial charge in [-0.05, 0) is 17.7 Å². The van der Waals surface area contributed by atoms with E-state index in [0.29, 0.717) is 25.1 Å². The number of carbonyl (C=O) groups excluding carboxylic acids is 1. The van der Waals surface area contributed by atoms with Crippen molar-refractivity contribution in [1.82, 2.24) is 4.90 Å². The Morgan fingerprint density at radius 1 is 0.962 bits per heavy atom. The van der Waals surface area contributed by atoms with Crippen LogP contribution >= 0.6 is 0 Å². The summed E-state index contributed by atoms with van der Waals surface area (Å²) in [5, 5.41) is 9.63. The fraction of sp³-hybridized carbons (Fsp3) is 0.333. The first kappa shape index (κ1) is 16.6. The molecule has 0 aromatic heterocycles. The molecule has 2 fully saturated rings. The van der Waals surface area contributed by atoms with E-state index in [0.717, 1.165) is 5.56 Å². The molecule has 2 aromatic rings. The second kappa shape index (κ2) is 6.48. The number of rotatable bonds is 5. The van der Waals surface area contributed by atoms with Crippen molar-refractivity contribution in [1.29, 1.82) is 0 Å². The molecule has 1 saturated heterocycles. The van der Waals surface area contributed by atoms with Crippen LogP contribution in [-0.4, -0.2) is 40.6 Å². The zero-order chi connectivity index (χ0) is 18.1. The van der Waals surface area contributed by atoms with Crippen molar-refractivity contribution in [2.45, 2.75) is 24.4 Å². The number of benzene rings is 2.